The van der Waals surface area contributed by atoms with Crippen molar-refractivity contribution in [2.75, 3.05) is 7.11 Å². The van der Waals surface area contributed by atoms with Gasteiger partial charge in [-0.3, -0.25) is 4.79 Å². The summed E-state index contributed by atoms with van der Waals surface area (Å²) in [6.07, 6.45) is 5.86. The highest BCUT2D eigenvalue weighted by atomic mass is 16.5. The summed E-state index contributed by atoms with van der Waals surface area (Å²) < 4.78 is 10.6. The highest BCUT2D eigenvalue weighted by molar-refractivity contribution is 5.90. The van der Waals surface area contributed by atoms with E-state index in [-0.39, 0.29) is 23.0 Å². The van der Waals surface area contributed by atoms with Gasteiger partial charge in [-0.15, -0.1) is 0 Å². The van der Waals surface area contributed by atoms with Crippen LogP contribution in [0.25, 0.3) is 11.0 Å². The lowest BCUT2D eigenvalue weighted by molar-refractivity contribution is -0.115. The molecule has 2 rings (SSSR count). The van der Waals surface area contributed by atoms with E-state index in [2.05, 4.69) is 0 Å². The number of rotatable bonds is 9. The first kappa shape index (κ1) is 23.5. The highest BCUT2D eigenvalue weighted by Crippen LogP contribution is 2.35. The Hall–Kier alpha value is -2.82. The molecular formula is C25H32O5. The molecule has 2 aromatic rings. The largest absolute Gasteiger partial charge is 0.507 e. The molecule has 1 atom stereocenters. The smallest absolute Gasteiger partial charge is 0.343 e. The van der Waals surface area contributed by atoms with Gasteiger partial charge >= 0.3 is 5.63 Å². The molecule has 0 radical (unpaired) electrons. The minimum absolute atomic E-state index is 0.0560. The maximum absolute atomic E-state index is 12.5. The summed E-state index contributed by atoms with van der Waals surface area (Å²) in [6, 6.07) is 4.99. The van der Waals surface area contributed by atoms with Crippen LogP contribution in [-0.4, -0.2) is 18.0 Å². The topological polar surface area (TPSA) is 76.7 Å². The van der Waals surface area contributed by atoms with Crippen LogP contribution < -0.4 is 10.4 Å². The predicted octanol–water partition coefficient (Wildman–Crippen LogP) is 5.90. The van der Waals surface area contributed by atoms with Gasteiger partial charge in [0.1, 0.15) is 17.1 Å². The first-order valence-electron chi connectivity index (χ1n) is 10.3. The van der Waals surface area contributed by atoms with Crippen LogP contribution in [0.4, 0.5) is 0 Å². The summed E-state index contributed by atoms with van der Waals surface area (Å²) >= 11 is 0. The number of carbonyl (C=O) groups is 1. The lowest BCUT2D eigenvalue weighted by Gasteiger charge is -2.15. The maximum Gasteiger partial charge on any atom is 0.343 e. The normalized spacial score (nSPS) is 13.7. The van der Waals surface area contributed by atoms with E-state index in [1.165, 1.54) is 7.11 Å². The van der Waals surface area contributed by atoms with Gasteiger partial charge in [0.2, 0.25) is 0 Å². The lowest BCUT2D eigenvalue weighted by Crippen LogP contribution is -2.12. The lowest BCUT2D eigenvalue weighted by atomic mass is 9.92. The molecule has 0 amide bonds. The zero-order chi connectivity index (χ0) is 22.4. The Morgan fingerprint density at radius 1 is 1.23 bits per heavy atom. The minimum atomic E-state index is -0.552. The average Bonchev–Trinajstić information content (AvgIpc) is 2.66. The number of hydrogen-bond donors (Lipinski definition) is 1. The van der Waals surface area contributed by atoms with Crippen LogP contribution in [0.3, 0.4) is 0 Å². The van der Waals surface area contributed by atoms with E-state index in [0.717, 1.165) is 24.0 Å². The summed E-state index contributed by atoms with van der Waals surface area (Å²) in [7, 11) is 1.53. The van der Waals surface area contributed by atoms with Crippen LogP contribution in [0.2, 0.25) is 0 Å². The summed E-state index contributed by atoms with van der Waals surface area (Å²) in [5, 5.41) is 11.2. The van der Waals surface area contributed by atoms with Gasteiger partial charge in [-0.05, 0) is 50.8 Å². The number of carbonyl (C=O) groups excluding carboxylic acids is 1. The molecule has 1 N–H and O–H groups in total. The van der Waals surface area contributed by atoms with Gasteiger partial charge in [0.05, 0.1) is 18.1 Å². The van der Waals surface area contributed by atoms with Gasteiger partial charge in [-0.25, -0.2) is 4.79 Å². The Bertz CT molecular complexity index is 1020. The maximum atomic E-state index is 12.5. The number of benzene rings is 1. The Morgan fingerprint density at radius 2 is 1.93 bits per heavy atom. The fourth-order valence-corrected chi connectivity index (χ4v) is 3.43. The van der Waals surface area contributed by atoms with E-state index in [9.17, 15) is 14.7 Å². The molecule has 0 bridgehead atoms. The van der Waals surface area contributed by atoms with Gasteiger partial charge in [0.25, 0.3) is 0 Å². The molecule has 0 saturated carbocycles. The van der Waals surface area contributed by atoms with Crippen LogP contribution in [-0.2, 0) is 4.79 Å². The van der Waals surface area contributed by atoms with Crippen molar-refractivity contribution in [1.29, 1.82) is 0 Å². The zero-order valence-electron chi connectivity index (χ0n) is 18.7. The van der Waals surface area contributed by atoms with E-state index < -0.39 is 5.63 Å². The van der Waals surface area contributed by atoms with Crippen molar-refractivity contribution in [2.24, 2.45) is 5.92 Å². The highest BCUT2D eigenvalue weighted by Gasteiger charge is 2.21. The minimum Gasteiger partial charge on any atom is -0.507 e. The van der Waals surface area contributed by atoms with Crippen molar-refractivity contribution in [2.45, 2.75) is 59.8 Å². The van der Waals surface area contributed by atoms with Gasteiger partial charge in [0.15, 0.2) is 5.78 Å². The molecule has 5 nitrogen and oxygen atoms in total. The number of ether oxygens (including phenoxy) is 1. The van der Waals surface area contributed by atoms with Crippen molar-refractivity contribution in [3.63, 3.8) is 0 Å². The quantitative estimate of drug-likeness (QED) is 0.315. The van der Waals surface area contributed by atoms with E-state index in [4.69, 9.17) is 9.15 Å². The standard InChI is InChI=1S/C25H32O5/c1-15(2)12-19(26)13-16(3)8-7-9-17(4)18(5)23-24(27)21-11-10-20(29-6)14-22(21)30-25(23)28/h9-11,13-15,18,27H,7-8,12H2,1-6H3. The van der Waals surface area contributed by atoms with Crippen LogP contribution in [0, 0.1) is 5.92 Å². The molecule has 0 spiro atoms. The average molecular weight is 413 g/mol. The zero-order valence-corrected chi connectivity index (χ0v) is 18.7. The van der Waals surface area contributed by atoms with Gasteiger partial charge in [-0.2, -0.15) is 0 Å². The molecule has 0 aliphatic heterocycles. The van der Waals surface area contributed by atoms with Crippen molar-refractivity contribution < 1.29 is 19.1 Å². The van der Waals surface area contributed by atoms with E-state index in [1.54, 1.807) is 24.3 Å². The second-order valence-electron chi connectivity index (χ2n) is 8.28. The third-order valence-electron chi connectivity index (χ3n) is 5.26. The molecule has 0 aliphatic rings. The van der Waals surface area contributed by atoms with Crippen molar-refractivity contribution in [1.82, 2.24) is 0 Å². The van der Waals surface area contributed by atoms with Crippen molar-refractivity contribution >= 4 is 16.8 Å². The molecule has 162 valence electrons. The summed E-state index contributed by atoms with van der Waals surface area (Å²) in [6.45, 7) is 9.84. The van der Waals surface area contributed by atoms with Crippen molar-refractivity contribution in [3.05, 3.63) is 57.5 Å². The molecule has 30 heavy (non-hydrogen) atoms. The molecule has 1 aromatic carbocycles. The van der Waals surface area contributed by atoms with Crippen LogP contribution in [0.15, 0.2) is 50.7 Å². The molecule has 1 unspecified atom stereocenters. The number of ketones is 1. The molecule has 0 fully saturated rings. The number of methoxy groups -OCH3 is 1. The fraction of sp³-hybridized carbons (Fsp3) is 0.440. The van der Waals surface area contributed by atoms with E-state index >= 15 is 0 Å². The second-order valence-corrected chi connectivity index (χ2v) is 8.28. The number of aromatic hydroxyl groups is 1. The molecule has 0 saturated heterocycles. The third kappa shape index (κ3) is 5.85. The monoisotopic (exact) mass is 412 g/mol. The van der Waals surface area contributed by atoms with E-state index in [1.807, 2.05) is 40.7 Å². The van der Waals surface area contributed by atoms with Crippen LogP contribution >= 0.6 is 0 Å². The summed E-state index contributed by atoms with van der Waals surface area (Å²) in [5.41, 5.74) is 2.00. The Balaban J connectivity index is 2.18. The number of hydrogen-bond acceptors (Lipinski definition) is 5. The molecule has 5 heteroatoms. The predicted molar refractivity (Wildman–Crippen MR) is 120 cm³/mol. The van der Waals surface area contributed by atoms with Crippen molar-refractivity contribution in [3.8, 4) is 11.5 Å². The first-order valence-corrected chi connectivity index (χ1v) is 10.3. The molecular weight excluding hydrogens is 380 g/mol. The van der Waals surface area contributed by atoms with E-state index in [0.29, 0.717) is 29.1 Å². The second kappa shape index (κ2) is 10.3. The van der Waals surface area contributed by atoms with Crippen LogP contribution in [0.1, 0.15) is 65.4 Å². The number of fused-ring (bicyclic) bond motifs is 1. The molecule has 0 aliphatic carbocycles. The van der Waals surface area contributed by atoms with Gasteiger partial charge < -0.3 is 14.3 Å². The van der Waals surface area contributed by atoms with Crippen LogP contribution in [0.5, 0.6) is 11.5 Å². The Morgan fingerprint density at radius 3 is 2.57 bits per heavy atom. The van der Waals surface area contributed by atoms with Gasteiger partial charge in [0, 0.05) is 18.4 Å². The Labute approximate surface area is 178 Å². The number of allylic oxidation sites excluding steroid dienone is 4. The fourth-order valence-electron chi connectivity index (χ4n) is 3.43. The molecule has 1 heterocycles. The third-order valence-corrected chi connectivity index (χ3v) is 5.26. The first-order chi connectivity index (χ1) is 14.1. The SMILES string of the molecule is COc1ccc2c(O)c(C(C)C(C)=CCCC(C)=CC(=O)CC(C)C)c(=O)oc2c1. The summed E-state index contributed by atoms with van der Waals surface area (Å²) in [4.78, 5) is 24.5. The molecule has 1 aromatic heterocycles. The Kier molecular flexibility index (Phi) is 8.04. The van der Waals surface area contributed by atoms with Gasteiger partial charge in [-0.1, -0.05) is 38.0 Å². The summed E-state index contributed by atoms with van der Waals surface area (Å²) in [5.74, 6) is 0.718.